The van der Waals surface area contributed by atoms with Crippen molar-refractivity contribution in [2.24, 2.45) is 5.92 Å². The maximum absolute atomic E-state index is 13.5. The average Bonchev–Trinajstić information content (AvgIpc) is 3.28. The van der Waals surface area contributed by atoms with Gasteiger partial charge in [0.05, 0.1) is 17.0 Å². The van der Waals surface area contributed by atoms with Gasteiger partial charge < -0.3 is 20.1 Å². The number of nitrogens with two attached hydrogens (primary N) is 1. The highest BCUT2D eigenvalue weighted by Gasteiger charge is 2.31. The fourth-order valence-corrected chi connectivity index (χ4v) is 5.62. The topological polar surface area (TPSA) is 87.0 Å². The maximum atomic E-state index is 13.5. The van der Waals surface area contributed by atoms with E-state index >= 15 is 0 Å². The van der Waals surface area contributed by atoms with Crippen LogP contribution in [0.1, 0.15) is 24.4 Å². The first-order valence-electron chi connectivity index (χ1n) is 12.4. The monoisotopic (exact) mass is 481 g/mol. The molecule has 4 aromatic rings. The molecule has 0 atom stereocenters. The number of nitrogen functional groups attached to an aromatic ring is 1. The third-order valence-corrected chi connectivity index (χ3v) is 7.58. The van der Waals surface area contributed by atoms with E-state index in [0.717, 1.165) is 67.7 Å². The molecule has 0 saturated carbocycles. The van der Waals surface area contributed by atoms with Crippen molar-refractivity contribution in [2.75, 3.05) is 43.4 Å². The van der Waals surface area contributed by atoms with Crippen LogP contribution < -0.4 is 10.6 Å². The molecule has 2 aliphatic rings. The lowest BCUT2D eigenvalue weighted by Gasteiger charge is -2.44. The summed E-state index contributed by atoms with van der Waals surface area (Å²) in [6.07, 6.45) is 5.73. The lowest BCUT2D eigenvalue weighted by molar-refractivity contribution is 0.153. The van der Waals surface area contributed by atoms with Crippen LogP contribution in [0.15, 0.2) is 61.1 Å². The summed E-state index contributed by atoms with van der Waals surface area (Å²) < 4.78 is 15.8. The van der Waals surface area contributed by atoms with Crippen LogP contribution in [0.3, 0.4) is 0 Å². The van der Waals surface area contributed by atoms with Gasteiger partial charge in [-0.2, -0.15) is 5.26 Å². The Morgan fingerprint density at radius 1 is 1.00 bits per heavy atom. The third kappa shape index (κ3) is 4.16. The molecular formula is C28H28FN7. The number of fused-ring (bicyclic) bond motifs is 1. The van der Waals surface area contributed by atoms with Crippen LogP contribution in [-0.2, 0) is 0 Å². The highest BCUT2D eigenvalue weighted by atomic mass is 19.1. The van der Waals surface area contributed by atoms with E-state index in [9.17, 15) is 4.39 Å². The molecule has 2 aromatic carbocycles. The molecule has 182 valence electrons. The Hall–Kier alpha value is -3.96. The zero-order valence-electron chi connectivity index (χ0n) is 20.0. The van der Waals surface area contributed by atoms with Crippen molar-refractivity contribution >= 4 is 22.5 Å². The van der Waals surface area contributed by atoms with E-state index in [-0.39, 0.29) is 5.82 Å². The van der Waals surface area contributed by atoms with Gasteiger partial charge in [0.2, 0.25) is 0 Å². The molecule has 0 spiro atoms. The Morgan fingerprint density at radius 3 is 2.42 bits per heavy atom. The summed E-state index contributed by atoms with van der Waals surface area (Å²) in [5.74, 6) is 0.861. The van der Waals surface area contributed by atoms with E-state index in [1.165, 1.54) is 24.1 Å². The van der Waals surface area contributed by atoms with Crippen molar-refractivity contribution in [2.45, 2.75) is 18.9 Å². The highest BCUT2D eigenvalue weighted by Crippen LogP contribution is 2.37. The molecule has 7 nitrogen and oxygen atoms in total. The molecule has 36 heavy (non-hydrogen) atoms. The standard InChI is InChI=1S/C28H28FN7/c29-22-5-3-21(4-6-22)25-17-36(28-26(25)27(31)32-18-33-28)24-9-11-34(12-10-24)14-20-15-35(16-20)23-7-1-19(13-30)2-8-23/h1-8,17-18,20,24H,9-12,14-16H2,(H2,31,32,33). The maximum Gasteiger partial charge on any atom is 0.146 e. The molecule has 4 heterocycles. The van der Waals surface area contributed by atoms with Gasteiger partial charge in [-0.25, -0.2) is 14.4 Å². The number of hydrogen-bond acceptors (Lipinski definition) is 6. The van der Waals surface area contributed by atoms with Crippen molar-refractivity contribution < 1.29 is 4.39 Å². The molecule has 2 aromatic heterocycles. The Balaban J connectivity index is 1.11. The summed E-state index contributed by atoms with van der Waals surface area (Å²) in [4.78, 5) is 13.8. The largest absolute Gasteiger partial charge is 0.383 e. The van der Waals surface area contributed by atoms with Crippen LogP contribution in [0.5, 0.6) is 0 Å². The second-order valence-corrected chi connectivity index (χ2v) is 9.88. The van der Waals surface area contributed by atoms with Gasteiger partial charge in [0.1, 0.15) is 23.6 Å². The Kier molecular flexibility index (Phi) is 5.78. The molecular weight excluding hydrogens is 453 g/mol. The summed E-state index contributed by atoms with van der Waals surface area (Å²) in [6.45, 7) is 5.33. The van der Waals surface area contributed by atoms with Crippen LogP contribution in [0, 0.1) is 23.1 Å². The number of nitrogens with zero attached hydrogens (tertiary/aromatic N) is 6. The first-order valence-corrected chi connectivity index (χ1v) is 12.4. The number of aromatic nitrogens is 3. The molecule has 8 heteroatoms. The van der Waals surface area contributed by atoms with Crippen LogP contribution in [0.4, 0.5) is 15.9 Å². The summed E-state index contributed by atoms with van der Waals surface area (Å²) >= 11 is 0. The fourth-order valence-electron chi connectivity index (χ4n) is 5.62. The second kappa shape index (κ2) is 9.25. The van der Waals surface area contributed by atoms with Crippen molar-refractivity contribution in [3.8, 4) is 17.2 Å². The number of rotatable bonds is 5. The zero-order valence-corrected chi connectivity index (χ0v) is 20.0. The quantitative estimate of drug-likeness (QED) is 0.453. The molecule has 2 N–H and O–H groups in total. The highest BCUT2D eigenvalue weighted by molar-refractivity contribution is 6.00. The fraction of sp³-hybridized carbons (Fsp3) is 0.321. The predicted octanol–water partition coefficient (Wildman–Crippen LogP) is 4.46. The van der Waals surface area contributed by atoms with Gasteiger partial charge in [-0.1, -0.05) is 12.1 Å². The third-order valence-electron chi connectivity index (χ3n) is 7.58. The number of hydrogen-bond donors (Lipinski definition) is 1. The van der Waals surface area contributed by atoms with Crippen molar-refractivity contribution in [3.63, 3.8) is 0 Å². The van der Waals surface area contributed by atoms with E-state index in [4.69, 9.17) is 11.0 Å². The lowest BCUT2D eigenvalue weighted by atomic mass is 9.96. The van der Waals surface area contributed by atoms with Gasteiger partial charge in [0, 0.05) is 62.1 Å². The lowest BCUT2D eigenvalue weighted by Crippen LogP contribution is -2.52. The minimum Gasteiger partial charge on any atom is -0.383 e. The van der Waals surface area contributed by atoms with Crippen LogP contribution >= 0.6 is 0 Å². The van der Waals surface area contributed by atoms with Crippen LogP contribution in [0.25, 0.3) is 22.2 Å². The summed E-state index contributed by atoms with van der Waals surface area (Å²) in [5, 5.41) is 9.82. The number of piperidine rings is 1. The van der Waals surface area contributed by atoms with E-state index in [0.29, 0.717) is 23.3 Å². The molecule has 0 radical (unpaired) electrons. The van der Waals surface area contributed by atoms with Gasteiger partial charge in [-0.3, -0.25) is 0 Å². The Bertz CT molecular complexity index is 1410. The van der Waals surface area contributed by atoms with Gasteiger partial charge in [-0.05, 0) is 54.8 Å². The minimum atomic E-state index is -0.259. The van der Waals surface area contributed by atoms with Gasteiger partial charge in [0.15, 0.2) is 0 Å². The smallest absolute Gasteiger partial charge is 0.146 e. The van der Waals surface area contributed by atoms with Gasteiger partial charge >= 0.3 is 0 Å². The Morgan fingerprint density at radius 2 is 1.72 bits per heavy atom. The van der Waals surface area contributed by atoms with Crippen LogP contribution in [-0.4, -0.2) is 52.2 Å². The number of benzene rings is 2. The van der Waals surface area contributed by atoms with Crippen molar-refractivity contribution in [1.82, 2.24) is 19.4 Å². The van der Waals surface area contributed by atoms with Gasteiger partial charge in [0.25, 0.3) is 0 Å². The first kappa shape index (κ1) is 22.5. The van der Waals surface area contributed by atoms with Crippen molar-refractivity contribution in [3.05, 3.63) is 72.4 Å². The molecule has 2 aliphatic heterocycles. The molecule has 0 aliphatic carbocycles. The van der Waals surface area contributed by atoms with E-state index in [1.54, 1.807) is 12.1 Å². The average molecular weight is 482 g/mol. The molecule has 0 unspecified atom stereocenters. The summed E-state index contributed by atoms with van der Waals surface area (Å²) in [6, 6.07) is 16.9. The molecule has 0 amide bonds. The molecule has 6 rings (SSSR count). The van der Waals surface area contributed by atoms with Crippen LogP contribution in [0.2, 0.25) is 0 Å². The first-order chi connectivity index (χ1) is 17.6. The molecule has 2 fully saturated rings. The zero-order chi connectivity index (χ0) is 24.6. The second-order valence-electron chi connectivity index (χ2n) is 9.88. The Labute approximate surface area is 209 Å². The van der Waals surface area contributed by atoms with E-state index < -0.39 is 0 Å². The molecule has 2 saturated heterocycles. The predicted molar refractivity (Wildman–Crippen MR) is 139 cm³/mol. The minimum absolute atomic E-state index is 0.259. The number of halogens is 1. The normalized spacial score (nSPS) is 17.3. The SMILES string of the molecule is N#Cc1ccc(N2CC(CN3CCC(n4cc(-c5ccc(F)cc5)c5c(N)ncnc54)CC3)C2)cc1. The molecule has 0 bridgehead atoms. The number of likely N-dealkylation sites (tertiary alicyclic amines) is 1. The van der Waals surface area contributed by atoms with Crippen molar-refractivity contribution in [1.29, 1.82) is 5.26 Å². The summed E-state index contributed by atoms with van der Waals surface area (Å²) in [5.41, 5.74) is 10.9. The van der Waals surface area contributed by atoms with E-state index in [1.807, 2.05) is 24.3 Å². The van der Waals surface area contributed by atoms with E-state index in [2.05, 4.69) is 36.6 Å². The summed E-state index contributed by atoms with van der Waals surface area (Å²) in [7, 11) is 0. The van der Waals surface area contributed by atoms with Gasteiger partial charge in [-0.15, -0.1) is 0 Å². The number of anilines is 2. The number of nitriles is 1.